The van der Waals surface area contributed by atoms with Crippen LogP contribution in [0.5, 0.6) is 5.75 Å². The largest absolute Gasteiger partial charge is 0.495 e. The zero-order valence-corrected chi connectivity index (χ0v) is 15.5. The van der Waals surface area contributed by atoms with Gasteiger partial charge >= 0.3 is 6.03 Å². The molecule has 6 nitrogen and oxygen atoms in total. The first-order valence-corrected chi connectivity index (χ1v) is 9.60. The summed E-state index contributed by atoms with van der Waals surface area (Å²) in [4.78, 5) is 14.3. The van der Waals surface area contributed by atoms with Crippen LogP contribution in [-0.4, -0.2) is 39.8 Å². The van der Waals surface area contributed by atoms with Crippen LogP contribution in [0.4, 0.5) is 10.5 Å². The second-order valence-electron chi connectivity index (χ2n) is 5.76. The number of carbonyl (C=O) groups excluding carboxylic acids is 1. The van der Waals surface area contributed by atoms with Crippen molar-refractivity contribution in [2.24, 2.45) is 0 Å². The van der Waals surface area contributed by atoms with E-state index in [1.54, 1.807) is 55.5 Å². The van der Waals surface area contributed by atoms with Crippen LogP contribution in [0.1, 0.15) is 18.5 Å². The molecular weight excluding hydrogens is 340 g/mol. The number of rotatable bonds is 5. The summed E-state index contributed by atoms with van der Waals surface area (Å²) in [5.41, 5.74) is 1.42. The number of sulfone groups is 1. The molecule has 2 aromatic rings. The number of amides is 2. The van der Waals surface area contributed by atoms with Gasteiger partial charge in [0.2, 0.25) is 0 Å². The minimum Gasteiger partial charge on any atom is -0.495 e. The second-order valence-corrected chi connectivity index (χ2v) is 7.77. The number of nitrogens with one attached hydrogen (secondary N) is 1. The average Bonchev–Trinajstić information content (AvgIpc) is 2.60. The Balaban J connectivity index is 2.13. The lowest BCUT2D eigenvalue weighted by Gasteiger charge is -2.26. The molecule has 0 bridgehead atoms. The van der Waals surface area contributed by atoms with Crippen LogP contribution in [0.2, 0.25) is 0 Å². The molecule has 0 heterocycles. The molecule has 0 saturated carbocycles. The number of hydrogen-bond acceptors (Lipinski definition) is 4. The Bertz CT molecular complexity index is 848. The molecule has 0 aliphatic heterocycles. The highest BCUT2D eigenvalue weighted by Crippen LogP contribution is 2.25. The molecule has 7 heteroatoms. The molecule has 0 fully saturated rings. The van der Waals surface area contributed by atoms with Crippen LogP contribution in [0.15, 0.2) is 53.4 Å². The third-order valence-corrected chi connectivity index (χ3v) is 5.17. The van der Waals surface area contributed by atoms with Gasteiger partial charge in [0.25, 0.3) is 0 Å². The van der Waals surface area contributed by atoms with Crippen LogP contribution < -0.4 is 10.1 Å². The highest BCUT2D eigenvalue weighted by Gasteiger charge is 2.19. The third-order valence-electron chi connectivity index (χ3n) is 4.04. The van der Waals surface area contributed by atoms with E-state index in [2.05, 4.69) is 5.32 Å². The fraction of sp³-hybridized carbons (Fsp3) is 0.278. The van der Waals surface area contributed by atoms with E-state index in [4.69, 9.17) is 4.74 Å². The number of carbonyl (C=O) groups is 1. The number of hydrogen-bond donors (Lipinski definition) is 1. The van der Waals surface area contributed by atoms with Gasteiger partial charge in [0.15, 0.2) is 9.84 Å². The van der Waals surface area contributed by atoms with E-state index in [9.17, 15) is 13.2 Å². The highest BCUT2D eigenvalue weighted by molar-refractivity contribution is 7.90. The van der Waals surface area contributed by atoms with Gasteiger partial charge in [0.05, 0.1) is 23.7 Å². The maximum absolute atomic E-state index is 12.5. The van der Waals surface area contributed by atoms with Crippen molar-refractivity contribution in [3.8, 4) is 5.75 Å². The minimum absolute atomic E-state index is 0.233. The SMILES string of the molecule is COc1ccccc1NC(=O)N(C)C(C)c1ccc(S(C)(=O)=O)cc1. The molecule has 1 unspecified atom stereocenters. The van der Waals surface area contributed by atoms with Crippen molar-refractivity contribution >= 4 is 21.6 Å². The van der Waals surface area contributed by atoms with Crippen molar-refractivity contribution in [2.75, 3.05) is 25.7 Å². The molecule has 134 valence electrons. The number of para-hydroxylation sites is 2. The van der Waals surface area contributed by atoms with Crippen LogP contribution >= 0.6 is 0 Å². The minimum atomic E-state index is -3.24. The zero-order chi connectivity index (χ0) is 18.6. The number of urea groups is 1. The van der Waals surface area contributed by atoms with E-state index in [-0.39, 0.29) is 17.0 Å². The summed E-state index contributed by atoms with van der Waals surface area (Å²) in [6.45, 7) is 1.87. The number of benzene rings is 2. The van der Waals surface area contributed by atoms with Crippen LogP contribution in [0.3, 0.4) is 0 Å². The van der Waals surface area contributed by atoms with Gasteiger partial charge in [-0.15, -0.1) is 0 Å². The first-order valence-electron chi connectivity index (χ1n) is 7.71. The standard InChI is InChI=1S/C18H22N2O4S/c1-13(14-9-11-15(12-10-14)25(4,22)23)20(2)18(21)19-16-7-5-6-8-17(16)24-3/h5-13H,1-4H3,(H,19,21). The van der Waals surface area contributed by atoms with Gasteiger partial charge in [-0.05, 0) is 36.8 Å². The lowest BCUT2D eigenvalue weighted by atomic mass is 10.1. The van der Waals surface area contributed by atoms with Crippen LogP contribution in [0.25, 0.3) is 0 Å². The molecule has 0 aliphatic rings. The summed E-state index contributed by atoms with van der Waals surface area (Å²) in [7, 11) is -0.0143. The molecule has 0 saturated heterocycles. The number of ether oxygens (including phenoxy) is 1. The fourth-order valence-corrected chi connectivity index (χ4v) is 2.97. The molecule has 0 spiro atoms. The summed E-state index contributed by atoms with van der Waals surface area (Å²) in [6.07, 6.45) is 1.16. The molecule has 2 aromatic carbocycles. The van der Waals surface area contributed by atoms with E-state index >= 15 is 0 Å². The van der Waals surface area contributed by atoms with Gasteiger partial charge in [-0.25, -0.2) is 13.2 Å². The zero-order valence-electron chi connectivity index (χ0n) is 14.7. The van der Waals surface area contributed by atoms with E-state index in [0.29, 0.717) is 11.4 Å². The molecule has 0 aliphatic carbocycles. The Morgan fingerprint density at radius 2 is 1.72 bits per heavy atom. The lowest BCUT2D eigenvalue weighted by molar-refractivity contribution is 0.208. The molecular formula is C18H22N2O4S. The summed E-state index contributed by atoms with van der Waals surface area (Å²) in [5, 5.41) is 2.81. The Morgan fingerprint density at radius 1 is 1.12 bits per heavy atom. The highest BCUT2D eigenvalue weighted by atomic mass is 32.2. The molecule has 1 N–H and O–H groups in total. The molecule has 1 atom stereocenters. The predicted octanol–water partition coefficient (Wildman–Crippen LogP) is 3.32. The normalized spacial score (nSPS) is 12.3. The van der Waals surface area contributed by atoms with Crippen molar-refractivity contribution in [1.29, 1.82) is 0 Å². The van der Waals surface area contributed by atoms with Crippen LogP contribution in [-0.2, 0) is 9.84 Å². The van der Waals surface area contributed by atoms with E-state index in [1.165, 1.54) is 0 Å². The quantitative estimate of drug-likeness (QED) is 0.885. The van der Waals surface area contributed by atoms with Gasteiger partial charge in [-0.3, -0.25) is 0 Å². The molecule has 2 rings (SSSR count). The van der Waals surface area contributed by atoms with E-state index < -0.39 is 9.84 Å². The molecule has 25 heavy (non-hydrogen) atoms. The first kappa shape index (κ1) is 18.8. The van der Waals surface area contributed by atoms with Crippen molar-refractivity contribution in [3.63, 3.8) is 0 Å². The van der Waals surface area contributed by atoms with Crippen molar-refractivity contribution < 1.29 is 17.9 Å². The fourth-order valence-electron chi connectivity index (χ4n) is 2.34. The Hall–Kier alpha value is -2.54. The monoisotopic (exact) mass is 362 g/mol. The summed E-state index contributed by atoms with van der Waals surface area (Å²) >= 11 is 0. The molecule has 0 aromatic heterocycles. The smallest absolute Gasteiger partial charge is 0.322 e. The topological polar surface area (TPSA) is 75.7 Å². The van der Waals surface area contributed by atoms with Gasteiger partial charge in [0.1, 0.15) is 5.75 Å². The number of nitrogens with zero attached hydrogens (tertiary/aromatic N) is 1. The third kappa shape index (κ3) is 4.51. The average molecular weight is 362 g/mol. The van der Waals surface area contributed by atoms with Gasteiger partial charge < -0.3 is 15.0 Å². The maximum Gasteiger partial charge on any atom is 0.322 e. The number of methoxy groups -OCH3 is 1. The first-order chi connectivity index (χ1) is 11.7. The van der Waals surface area contributed by atoms with E-state index in [1.807, 2.05) is 19.1 Å². The Kier molecular flexibility index (Phi) is 5.69. The summed E-state index contributed by atoms with van der Waals surface area (Å²) in [5.74, 6) is 0.578. The molecule has 0 radical (unpaired) electrons. The Morgan fingerprint density at radius 3 is 2.28 bits per heavy atom. The lowest BCUT2D eigenvalue weighted by Crippen LogP contribution is -2.33. The van der Waals surface area contributed by atoms with Gasteiger partial charge in [-0.1, -0.05) is 24.3 Å². The van der Waals surface area contributed by atoms with Gasteiger partial charge in [0, 0.05) is 13.3 Å². The molecule has 2 amide bonds. The van der Waals surface area contributed by atoms with Crippen molar-refractivity contribution in [2.45, 2.75) is 17.9 Å². The summed E-state index contributed by atoms with van der Waals surface area (Å²) in [6, 6.07) is 13.2. The van der Waals surface area contributed by atoms with Crippen molar-refractivity contribution in [1.82, 2.24) is 4.90 Å². The summed E-state index contributed by atoms with van der Waals surface area (Å²) < 4.78 is 28.3. The van der Waals surface area contributed by atoms with Gasteiger partial charge in [-0.2, -0.15) is 0 Å². The maximum atomic E-state index is 12.5. The predicted molar refractivity (Wildman–Crippen MR) is 97.7 cm³/mol. The van der Waals surface area contributed by atoms with Crippen molar-refractivity contribution in [3.05, 3.63) is 54.1 Å². The second kappa shape index (κ2) is 7.57. The van der Waals surface area contributed by atoms with Crippen LogP contribution in [0, 0.1) is 0 Å². The van der Waals surface area contributed by atoms with E-state index in [0.717, 1.165) is 11.8 Å². The Labute approximate surface area is 148 Å². The number of anilines is 1.